The molecule has 0 spiro atoms. The van der Waals surface area contributed by atoms with Crippen molar-refractivity contribution in [2.24, 2.45) is 11.1 Å². The van der Waals surface area contributed by atoms with Gasteiger partial charge in [0.05, 0.1) is 17.8 Å². The zero-order valence-corrected chi connectivity index (χ0v) is 16.2. The van der Waals surface area contributed by atoms with Gasteiger partial charge in [-0.3, -0.25) is 0 Å². The summed E-state index contributed by atoms with van der Waals surface area (Å²) in [5.41, 5.74) is 12.4. The average Bonchev–Trinajstić information content (AvgIpc) is 2.66. The first-order chi connectivity index (χ1) is 12.5. The van der Waals surface area contributed by atoms with E-state index in [9.17, 15) is 5.11 Å². The van der Waals surface area contributed by atoms with Crippen LogP contribution in [0.15, 0.2) is 28.4 Å². The molecule has 0 saturated carbocycles. The lowest BCUT2D eigenvalue weighted by atomic mass is 9.80. The molecule has 1 aliphatic heterocycles. The van der Waals surface area contributed by atoms with E-state index in [1.165, 1.54) is 11.8 Å². The number of aromatic nitrogens is 3. The van der Waals surface area contributed by atoms with Gasteiger partial charge in [0, 0.05) is 24.2 Å². The number of aliphatic hydroxyl groups excluding tert-OH is 1. The molecule has 1 saturated heterocycles. The normalized spacial score (nSPS) is 16.7. The number of nitrogens with two attached hydrogens (primary N) is 2. The first kappa shape index (κ1) is 19.2. The van der Waals surface area contributed by atoms with Crippen LogP contribution in [0.4, 0.5) is 11.6 Å². The van der Waals surface area contributed by atoms with Gasteiger partial charge in [-0.2, -0.15) is 0 Å². The van der Waals surface area contributed by atoms with E-state index in [1.54, 1.807) is 18.5 Å². The Kier molecular flexibility index (Phi) is 5.86. The summed E-state index contributed by atoms with van der Waals surface area (Å²) in [4.78, 5) is 16.0. The summed E-state index contributed by atoms with van der Waals surface area (Å²) in [5.74, 6) is 1.01. The molecule has 0 aromatic carbocycles. The number of pyridine rings is 1. The molecule has 0 bridgehead atoms. The van der Waals surface area contributed by atoms with E-state index in [0.29, 0.717) is 22.3 Å². The molecule has 5 N–H and O–H groups in total. The predicted octanol–water partition coefficient (Wildman–Crippen LogP) is 2.32. The van der Waals surface area contributed by atoms with Gasteiger partial charge in [0.25, 0.3) is 0 Å². The Morgan fingerprint density at radius 1 is 1.35 bits per heavy atom. The molecule has 3 rings (SSSR count). The van der Waals surface area contributed by atoms with E-state index in [2.05, 4.69) is 26.8 Å². The minimum atomic E-state index is -0.173. The third kappa shape index (κ3) is 4.03. The van der Waals surface area contributed by atoms with Crippen molar-refractivity contribution in [2.75, 3.05) is 30.3 Å². The molecule has 0 atom stereocenters. The predicted molar refractivity (Wildman–Crippen MR) is 104 cm³/mol. The third-order valence-electron chi connectivity index (χ3n) is 4.81. The van der Waals surface area contributed by atoms with Crippen LogP contribution in [0.5, 0.6) is 0 Å². The van der Waals surface area contributed by atoms with E-state index in [0.717, 1.165) is 36.6 Å². The second-order valence-electron chi connectivity index (χ2n) is 6.75. The molecule has 2 aromatic heterocycles. The smallest absolute Gasteiger partial charge is 0.152 e. The van der Waals surface area contributed by atoms with Crippen molar-refractivity contribution in [1.82, 2.24) is 15.0 Å². The number of piperidine rings is 1. The number of halogens is 1. The summed E-state index contributed by atoms with van der Waals surface area (Å²) in [7, 11) is 0. The van der Waals surface area contributed by atoms with E-state index in [4.69, 9.17) is 23.1 Å². The lowest BCUT2D eigenvalue weighted by Crippen LogP contribution is -2.43. The maximum atomic E-state index is 9.77. The molecule has 7 nitrogen and oxygen atoms in total. The van der Waals surface area contributed by atoms with Crippen LogP contribution in [0, 0.1) is 5.41 Å². The highest BCUT2D eigenvalue weighted by molar-refractivity contribution is 7.99. The Balaban J connectivity index is 1.79. The summed E-state index contributed by atoms with van der Waals surface area (Å²) in [5, 5.41) is 10.8. The highest BCUT2D eigenvalue weighted by atomic mass is 35.5. The number of nitrogen functional groups attached to an aromatic ring is 1. The second-order valence-corrected chi connectivity index (χ2v) is 8.19. The van der Waals surface area contributed by atoms with Crippen LogP contribution < -0.4 is 16.4 Å². The largest absolute Gasteiger partial charge is 0.390 e. The van der Waals surface area contributed by atoms with E-state index < -0.39 is 0 Å². The SMILES string of the molecule is CC1(CN)CCN(c2ncc(Sc3ccnc(N)c3Cl)nc2CO)CC1. The van der Waals surface area contributed by atoms with Crippen LogP contribution in [0.3, 0.4) is 0 Å². The Labute approximate surface area is 162 Å². The van der Waals surface area contributed by atoms with Crippen molar-refractivity contribution < 1.29 is 5.11 Å². The van der Waals surface area contributed by atoms with Crippen LogP contribution >= 0.6 is 23.4 Å². The fraction of sp³-hybridized carbons (Fsp3) is 0.471. The van der Waals surface area contributed by atoms with E-state index >= 15 is 0 Å². The standard InChI is InChI=1S/C17H23ClN6OS/c1-17(10-19)3-6-24(7-4-17)16-11(9-25)23-13(8-22-16)26-12-2-5-21-15(20)14(12)18/h2,5,8,25H,3-4,6-7,9-10,19H2,1H3,(H2,20,21). The van der Waals surface area contributed by atoms with Crippen LogP contribution in [0.25, 0.3) is 0 Å². The number of nitrogens with zero attached hydrogens (tertiary/aromatic N) is 4. The molecule has 0 aliphatic carbocycles. The van der Waals surface area contributed by atoms with Gasteiger partial charge in [-0.25, -0.2) is 15.0 Å². The molecule has 3 heterocycles. The van der Waals surface area contributed by atoms with Gasteiger partial charge in [-0.15, -0.1) is 0 Å². The summed E-state index contributed by atoms with van der Waals surface area (Å²) in [6, 6.07) is 1.77. The van der Waals surface area contributed by atoms with Crippen molar-refractivity contribution in [3.8, 4) is 0 Å². The first-order valence-electron chi connectivity index (χ1n) is 8.45. The molecule has 26 heavy (non-hydrogen) atoms. The zero-order valence-electron chi connectivity index (χ0n) is 14.7. The second kappa shape index (κ2) is 7.96. The molecular formula is C17H23ClN6OS. The molecule has 9 heteroatoms. The van der Waals surface area contributed by atoms with E-state index in [-0.39, 0.29) is 17.8 Å². The number of rotatable bonds is 5. The van der Waals surface area contributed by atoms with Crippen molar-refractivity contribution >= 4 is 35.0 Å². The Morgan fingerprint density at radius 2 is 2.08 bits per heavy atom. The number of hydrogen-bond acceptors (Lipinski definition) is 8. The maximum Gasteiger partial charge on any atom is 0.152 e. The lowest BCUT2D eigenvalue weighted by molar-refractivity contribution is 0.254. The fourth-order valence-electron chi connectivity index (χ4n) is 2.92. The molecular weight excluding hydrogens is 372 g/mol. The van der Waals surface area contributed by atoms with Crippen molar-refractivity contribution in [3.05, 3.63) is 29.2 Å². The highest BCUT2D eigenvalue weighted by Crippen LogP contribution is 2.36. The molecule has 0 radical (unpaired) electrons. The highest BCUT2D eigenvalue weighted by Gasteiger charge is 2.30. The molecule has 1 aliphatic rings. The minimum Gasteiger partial charge on any atom is -0.390 e. The lowest BCUT2D eigenvalue weighted by Gasteiger charge is -2.39. The Bertz CT molecular complexity index is 782. The summed E-state index contributed by atoms with van der Waals surface area (Å²) >= 11 is 7.53. The summed E-state index contributed by atoms with van der Waals surface area (Å²) in [6.07, 6.45) is 5.29. The van der Waals surface area contributed by atoms with Crippen molar-refractivity contribution in [1.29, 1.82) is 0 Å². The van der Waals surface area contributed by atoms with Gasteiger partial charge in [-0.05, 0) is 30.9 Å². The van der Waals surface area contributed by atoms with Crippen LogP contribution in [0.2, 0.25) is 5.02 Å². The van der Waals surface area contributed by atoms with Gasteiger partial charge in [0.15, 0.2) is 5.82 Å². The Hall–Kier alpha value is -1.61. The Morgan fingerprint density at radius 3 is 2.73 bits per heavy atom. The van der Waals surface area contributed by atoms with Gasteiger partial charge in [-0.1, -0.05) is 30.3 Å². The monoisotopic (exact) mass is 394 g/mol. The molecule has 0 unspecified atom stereocenters. The molecule has 140 valence electrons. The first-order valence-corrected chi connectivity index (χ1v) is 9.65. The molecule has 2 aromatic rings. The molecule has 0 amide bonds. The topological polar surface area (TPSA) is 114 Å². The van der Waals surface area contributed by atoms with Gasteiger partial charge >= 0.3 is 0 Å². The minimum absolute atomic E-state index is 0.173. The quantitative estimate of drug-likeness (QED) is 0.707. The summed E-state index contributed by atoms with van der Waals surface area (Å²) < 4.78 is 0. The van der Waals surface area contributed by atoms with Crippen LogP contribution in [-0.2, 0) is 6.61 Å². The number of hydrogen-bond donors (Lipinski definition) is 3. The van der Waals surface area contributed by atoms with Gasteiger partial charge in [0.1, 0.15) is 16.5 Å². The van der Waals surface area contributed by atoms with Crippen LogP contribution in [-0.4, -0.2) is 39.7 Å². The van der Waals surface area contributed by atoms with Gasteiger partial charge < -0.3 is 21.5 Å². The fourth-order valence-corrected chi connectivity index (χ4v) is 3.95. The zero-order chi connectivity index (χ0) is 18.7. The van der Waals surface area contributed by atoms with E-state index in [1.807, 2.05) is 0 Å². The van der Waals surface area contributed by atoms with Crippen molar-refractivity contribution in [3.63, 3.8) is 0 Å². The van der Waals surface area contributed by atoms with Crippen molar-refractivity contribution in [2.45, 2.75) is 36.3 Å². The maximum absolute atomic E-state index is 9.77. The van der Waals surface area contributed by atoms with Gasteiger partial charge in [0.2, 0.25) is 0 Å². The third-order valence-corrected chi connectivity index (χ3v) is 6.28. The summed E-state index contributed by atoms with van der Waals surface area (Å²) in [6.45, 7) is 4.44. The number of anilines is 2. The molecule has 1 fully saturated rings. The van der Waals surface area contributed by atoms with Crippen LogP contribution in [0.1, 0.15) is 25.5 Å². The number of aliphatic hydroxyl groups is 1. The average molecular weight is 395 g/mol.